The Balaban J connectivity index is 1.52. The summed E-state index contributed by atoms with van der Waals surface area (Å²) in [5.41, 5.74) is 1.34. The van der Waals surface area contributed by atoms with Crippen LogP contribution in [0.1, 0.15) is 45.1 Å². The molecular weight excluding hydrogens is 348 g/mol. The SMILES string of the molecule is C[C@@H](NC(=O)COC(=O)c1cc2c(s1)CCC2)c1ccc(F)cc1F. The normalized spacial score (nSPS) is 14.0. The number of thiophene rings is 1. The molecule has 1 amide bonds. The fourth-order valence-electron chi connectivity index (χ4n) is 2.85. The summed E-state index contributed by atoms with van der Waals surface area (Å²) in [4.78, 5) is 25.6. The Kier molecular flexibility index (Phi) is 5.13. The van der Waals surface area contributed by atoms with Crippen LogP contribution in [0.5, 0.6) is 0 Å². The number of rotatable bonds is 5. The molecule has 7 heteroatoms. The molecule has 1 N–H and O–H groups in total. The number of carbonyl (C=O) groups excluding carboxylic acids is 2. The minimum atomic E-state index is -0.738. The average molecular weight is 365 g/mol. The third kappa shape index (κ3) is 4.04. The van der Waals surface area contributed by atoms with Crippen LogP contribution in [-0.2, 0) is 22.4 Å². The second-order valence-corrected chi connectivity index (χ2v) is 7.08. The highest BCUT2D eigenvalue weighted by Gasteiger charge is 2.20. The molecule has 1 aromatic carbocycles. The van der Waals surface area contributed by atoms with E-state index in [4.69, 9.17) is 4.74 Å². The number of amides is 1. The quantitative estimate of drug-likeness (QED) is 0.825. The van der Waals surface area contributed by atoms with E-state index < -0.39 is 36.2 Å². The van der Waals surface area contributed by atoms with E-state index in [0.717, 1.165) is 31.4 Å². The molecule has 1 atom stereocenters. The fraction of sp³-hybridized carbons (Fsp3) is 0.333. The Hall–Kier alpha value is -2.28. The highest BCUT2D eigenvalue weighted by atomic mass is 32.1. The first-order chi connectivity index (χ1) is 11.9. The van der Waals surface area contributed by atoms with Gasteiger partial charge in [0, 0.05) is 16.5 Å². The number of carbonyl (C=O) groups is 2. The number of ether oxygens (including phenoxy) is 1. The predicted molar refractivity (Wildman–Crippen MR) is 89.5 cm³/mol. The molecule has 0 spiro atoms. The molecule has 0 unspecified atom stereocenters. The van der Waals surface area contributed by atoms with E-state index in [9.17, 15) is 18.4 Å². The maximum absolute atomic E-state index is 13.7. The van der Waals surface area contributed by atoms with Crippen molar-refractivity contribution in [2.24, 2.45) is 0 Å². The maximum atomic E-state index is 13.7. The summed E-state index contributed by atoms with van der Waals surface area (Å²) in [7, 11) is 0. The maximum Gasteiger partial charge on any atom is 0.348 e. The Morgan fingerprint density at radius 2 is 2.08 bits per heavy atom. The van der Waals surface area contributed by atoms with Gasteiger partial charge in [-0.05, 0) is 43.9 Å². The molecule has 0 radical (unpaired) electrons. The molecule has 1 aliphatic rings. The molecule has 4 nitrogen and oxygen atoms in total. The molecule has 25 heavy (non-hydrogen) atoms. The summed E-state index contributed by atoms with van der Waals surface area (Å²) in [6.07, 6.45) is 3.06. The van der Waals surface area contributed by atoms with Crippen molar-refractivity contribution >= 4 is 23.2 Å². The summed E-state index contributed by atoms with van der Waals surface area (Å²) in [6.45, 7) is 1.12. The Morgan fingerprint density at radius 3 is 2.80 bits per heavy atom. The van der Waals surface area contributed by atoms with Crippen LogP contribution in [0.2, 0.25) is 0 Å². The van der Waals surface area contributed by atoms with Gasteiger partial charge < -0.3 is 10.1 Å². The van der Waals surface area contributed by atoms with Crippen molar-refractivity contribution in [3.8, 4) is 0 Å². The van der Waals surface area contributed by atoms with E-state index in [2.05, 4.69) is 5.32 Å². The topological polar surface area (TPSA) is 55.4 Å². The molecule has 1 aliphatic carbocycles. The van der Waals surface area contributed by atoms with Crippen molar-refractivity contribution in [3.63, 3.8) is 0 Å². The Bertz CT molecular complexity index is 797. The fourth-order valence-corrected chi connectivity index (χ4v) is 3.99. The lowest BCUT2D eigenvalue weighted by atomic mass is 10.1. The molecule has 0 fully saturated rings. The van der Waals surface area contributed by atoms with Gasteiger partial charge >= 0.3 is 5.97 Å². The molecule has 132 valence electrons. The van der Waals surface area contributed by atoms with Crippen LogP contribution in [0.4, 0.5) is 8.78 Å². The van der Waals surface area contributed by atoms with E-state index in [1.807, 2.05) is 6.07 Å². The lowest BCUT2D eigenvalue weighted by Gasteiger charge is -2.15. The van der Waals surface area contributed by atoms with E-state index in [0.29, 0.717) is 4.88 Å². The number of halogens is 2. The number of nitrogens with one attached hydrogen (secondary N) is 1. The van der Waals surface area contributed by atoms with Gasteiger partial charge in [-0.2, -0.15) is 0 Å². The van der Waals surface area contributed by atoms with Gasteiger partial charge in [0.1, 0.15) is 16.5 Å². The van der Waals surface area contributed by atoms with Gasteiger partial charge in [-0.3, -0.25) is 4.79 Å². The van der Waals surface area contributed by atoms with Gasteiger partial charge in [0.15, 0.2) is 6.61 Å². The number of esters is 1. The van der Waals surface area contributed by atoms with Gasteiger partial charge in [0.25, 0.3) is 5.91 Å². The number of fused-ring (bicyclic) bond motifs is 1. The lowest BCUT2D eigenvalue weighted by Crippen LogP contribution is -2.31. The minimum Gasteiger partial charge on any atom is -0.451 e. The highest BCUT2D eigenvalue weighted by Crippen LogP contribution is 2.30. The van der Waals surface area contributed by atoms with Crippen molar-refractivity contribution in [1.29, 1.82) is 0 Å². The van der Waals surface area contributed by atoms with Crippen LogP contribution in [-0.4, -0.2) is 18.5 Å². The number of benzene rings is 1. The first kappa shape index (κ1) is 17.5. The van der Waals surface area contributed by atoms with Gasteiger partial charge in [0.05, 0.1) is 6.04 Å². The van der Waals surface area contributed by atoms with Gasteiger partial charge in [-0.15, -0.1) is 11.3 Å². The van der Waals surface area contributed by atoms with Gasteiger partial charge in [0.2, 0.25) is 0 Å². The second kappa shape index (κ2) is 7.31. The van der Waals surface area contributed by atoms with Crippen LogP contribution in [0, 0.1) is 11.6 Å². The summed E-state index contributed by atoms with van der Waals surface area (Å²) >= 11 is 1.40. The largest absolute Gasteiger partial charge is 0.451 e. The standard InChI is InChI=1S/C18H17F2NO3S/c1-10(13-6-5-12(19)8-14(13)20)21-17(22)9-24-18(23)16-7-11-3-2-4-15(11)25-16/h5-8,10H,2-4,9H2,1H3,(H,21,22)/t10-/m1/s1. The third-order valence-corrected chi connectivity index (χ3v) is 5.31. The number of hydrogen-bond acceptors (Lipinski definition) is 4. The van der Waals surface area contributed by atoms with Gasteiger partial charge in [-0.1, -0.05) is 6.07 Å². The second-order valence-electron chi connectivity index (χ2n) is 5.94. The summed E-state index contributed by atoms with van der Waals surface area (Å²) in [5, 5.41) is 2.53. The highest BCUT2D eigenvalue weighted by molar-refractivity contribution is 7.14. The van der Waals surface area contributed by atoms with Crippen LogP contribution < -0.4 is 5.32 Å². The van der Waals surface area contributed by atoms with Gasteiger partial charge in [-0.25, -0.2) is 13.6 Å². The number of hydrogen-bond donors (Lipinski definition) is 1. The minimum absolute atomic E-state index is 0.163. The van der Waals surface area contributed by atoms with E-state index in [1.165, 1.54) is 27.8 Å². The Morgan fingerprint density at radius 1 is 1.28 bits per heavy atom. The van der Waals surface area contributed by atoms with Crippen molar-refractivity contribution < 1.29 is 23.1 Å². The van der Waals surface area contributed by atoms with Crippen molar-refractivity contribution in [2.75, 3.05) is 6.61 Å². The molecule has 2 aromatic rings. The lowest BCUT2D eigenvalue weighted by molar-refractivity contribution is -0.124. The first-order valence-corrected chi connectivity index (χ1v) is 8.78. The summed E-state index contributed by atoms with van der Waals surface area (Å²) in [5.74, 6) is -2.50. The predicted octanol–water partition coefficient (Wildman–Crippen LogP) is 3.55. The smallest absolute Gasteiger partial charge is 0.348 e. The zero-order valence-electron chi connectivity index (χ0n) is 13.6. The zero-order chi connectivity index (χ0) is 18.0. The van der Waals surface area contributed by atoms with E-state index in [1.54, 1.807) is 6.92 Å². The van der Waals surface area contributed by atoms with Crippen molar-refractivity contribution in [1.82, 2.24) is 5.32 Å². The molecule has 0 bridgehead atoms. The zero-order valence-corrected chi connectivity index (χ0v) is 14.4. The summed E-state index contributed by atoms with van der Waals surface area (Å²) < 4.78 is 31.6. The number of aryl methyl sites for hydroxylation is 2. The Labute approximate surface area is 147 Å². The van der Waals surface area contributed by atoms with Crippen LogP contribution in [0.3, 0.4) is 0 Å². The molecule has 1 aromatic heterocycles. The van der Waals surface area contributed by atoms with Crippen molar-refractivity contribution in [3.05, 3.63) is 56.8 Å². The molecular formula is C18H17F2NO3S. The van der Waals surface area contributed by atoms with Crippen LogP contribution in [0.15, 0.2) is 24.3 Å². The summed E-state index contributed by atoms with van der Waals surface area (Å²) in [6, 6.07) is 4.31. The average Bonchev–Trinajstić information content (AvgIpc) is 3.14. The monoisotopic (exact) mass is 365 g/mol. The first-order valence-electron chi connectivity index (χ1n) is 7.97. The molecule has 3 rings (SSSR count). The molecule has 0 saturated carbocycles. The van der Waals surface area contributed by atoms with Crippen molar-refractivity contribution in [2.45, 2.75) is 32.2 Å². The molecule has 0 aliphatic heterocycles. The molecule has 1 heterocycles. The third-order valence-electron chi connectivity index (χ3n) is 4.09. The van der Waals surface area contributed by atoms with Crippen LogP contribution >= 0.6 is 11.3 Å². The van der Waals surface area contributed by atoms with Crippen LogP contribution in [0.25, 0.3) is 0 Å². The molecule has 0 saturated heterocycles. The van der Waals surface area contributed by atoms with E-state index in [-0.39, 0.29) is 5.56 Å². The van der Waals surface area contributed by atoms with E-state index >= 15 is 0 Å².